The highest BCUT2D eigenvalue weighted by Gasteiger charge is 2.26. The summed E-state index contributed by atoms with van der Waals surface area (Å²) in [5.74, 6) is -0.372. The second-order valence-electron chi connectivity index (χ2n) is 10.4. The van der Waals surface area contributed by atoms with Crippen molar-refractivity contribution in [2.24, 2.45) is 0 Å². The number of ether oxygens (including phenoxy) is 1. The summed E-state index contributed by atoms with van der Waals surface area (Å²) >= 11 is 1.82. The lowest BCUT2D eigenvalue weighted by Gasteiger charge is -2.26. The third-order valence-corrected chi connectivity index (χ3v) is 9.12. The van der Waals surface area contributed by atoms with Crippen LogP contribution in [0.1, 0.15) is 88.6 Å². The number of thiophene rings is 1. The second kappa shape index (κ2) is 14.0. The van der Waals surface area contributed by atoms with Crippen LogP contribution >= 0.6 is 11.3 Å². The van der Waals surface area contributed by atoms with E-state index in [0.717, 1.165) is 76.6 Å². The number of urea groups is 1. The van der Waals surface area contributed by atoms with E-state index in [1.54, 1.807) is 13.8 Å². The number of esters is 1. The van der Waals surface area contributed by atoms with Gasteiger partial charge in [-0.1, -0.05) is 25.8 Å². The number of carbonyl (C=O) groups is 2. The molecule has 0 saturated heterocycles. The third-order valence-electron chi connectivity index (χ3n) is 7.85. The smallest absolute Gasteiger partial charge is 0.335 e. The molecular formula is C31H44N4O3S. The van der Waals surface area contributed by atoms with Gasteiger partial charge in [-0.05, 0) is 88.6 Å². The van der Waals surface area contributed by atoms with Crippen molar-refractivity contribution in [1.29, 1.82) is 0 Å². The lowest BCUT2D eigenvalue weighted by molar-refractivity contribution is -0.138. The van der Waals surface area contributed by atoms with Crippen molar-refractivity contribution in [2.45, 2.75) is 92.2 Å². The minimum Gasteiger partial charge on any atom is -0.463 e. The Balaban J connectivity index is 1.59. The number of hydrogen-bond acceptors (Lipinski definition) is 5. The van der Waals surface area contributed by atoms with E-state index in [9.17, 15) is 9.59 Å². The SMILES string of the molecule is CCCCC1=C(/C(NC(=O)NCc2c(-n3cccc3)sc3c2CCN(CC)C3)=C(\C)C(=O)OCC)CCCC1. The number of unbranched alkanes of at least 4 members (excludes halogenated alkanes) is 1. The molecule has 4 rings (SSSR count). The highest BCUT2D eigenvalue weighted by molar-refractivity contribution is 7.14. The molecule has 0 unspecified atom stereocenters. The van der Waals surface area contributed by atoms with E-state index < -0.39 is 0 Å². The van der Waals surface area contributed by atoms with E-state index in [2.05, 4.69) is 46.3 Å². The zero-order chi connectivity index (χ0) is 27.8. The Morgan fingerprint density at radius 2 is 1.85 bits per heavy atom. The van der Waals surface area contributed by atoms with Crippen molar-refractivity contribution in [3.63, 3.8) is 0 Å². The Morgan fingerprint density at radius 3 is 2.56 bits per heavy atom. The van der Waals surface area contributed by atoms with Gasteiger partial charge in [0.2, 0.25) is 0 Å². The fourth-order valence-electron chi connectivity index (χ4n) is 5.64. The first-order valence-corrected chi connectivity index (χ1v) is 15.4. The average molecular weight is 553 g/mol. The van der Waals surface area contributed by atoms with E-state index in [0.29, 0.717) is 24.4 Å². The molecule has 2 aromatic rings. The fraction of sp³-hybridized carbons (Fsp3) is 0.548. The quantitative estimate of drug-likeness (QED) is 0.243. The van der Waals surface area contributed by atoms with Crippen LogP contribution in [0.3, 0.4) is 0 Å². The number of likely N-dealkylation sites (N-methyl/N-ethyl adjacent to an activating group) is 1. The Kier molecular flexibility index (Phi) is 10.5. The van der Waals surface area contributed by atoms with Crippen LogP contribution in [0.15, 0.2) is 46.9 Å². The molecule has 7 nitrogen and oxygen atoms in total. The number of allylic oxidation sites excluding steroid dienone is 2. The molecule has 39 heavy (non-hydrogen) atoms. The van der Waals surface area contributed by atoms with Gasteiger partial charge >= 0.3 is 12.0 Å². The summed E-state index contributed by atoms with van der Waals surface area (Å²) in [5.41, 5.74) is 6.14. The van der Waals surface area contributed by atoms with E-state index in [4.69, 9.17) is 4.74 Å². The number of fused-ring (bicyclic) bond motifs is 1. The molecule has 0 saturated carbocycles. The van der Waals surface area contributed by atoms with Gasteiger partial charge in [-0.25, -0.2) is 9.59 Å². The van der Waals surface area contributed by atoms with E-state index in [1.165, 1.54) is 26.6 Å². The maximum atomic E-state index is 13.4. The Hall–Kier alpha value is -2.84. The van der Waals surface area contributed by atoms with E-state index in [1.807, 2.05) is 23.5 Å². The minimum atomic E-state index is -0.372. The number of hydrogen-bond donors (Lipinski definition) is 2. The highest BCUT2D eigenvalue weighted by Crippen LogP contribution is 2.36. The molecular weight excluding hydrogens is 508 g/mol. The fourth-order valence-corrected chi connectivity index (χ4v) is 7.01. The third kappa shape index (κ3) is 7.03. The van der Waals surface area contributed by atoms with Crippen molar-refractivity contribution in [3.05, 3.63) is 62.9 Å². The zero-order valence-electron chi connectivity index (χ0n) is 24.0. The van der Waals surface area contributed by atoms with Gasteiger partial charge in [0.25, 0.3) is 0 Å². The van der Waals surface area contributed by atoms with Crippen LogP contribution in [-0.4, -0.2) is 41.2 Å². The summed E-state index contributed by atoms with van der Waals surface area (Å²) in [6.07, 6.45) is 12.5. The van der Waals surface area contributed by atoms with Gasteiger partial charge in [-0.3, -0.25) is 4.90 Å². The van der Waals surface area contributed by atoms with Crippen LogP contribution in [0.5, 0.6) is 0 Å². The Labute approximate surface area is 237 Å². The summed E-state index contributed by atoms with van der Waals surface area (Å²) in [6, 6.07) is 3.78. The van der Waals surface area contributed by atoms with Gasteiger partial charge < -0.3 is 19.9 Å². The van der Waals surface area contributed by atoms with Crippen molar-refractivity contribution in [3.8, 4) is 5.00 Å². The Bertz CT molecular complexity index is 1210. The summed E-state index contributed by atoms with van der Waals surface area (Å²) in [4.78, 5) is 30.0. The maximum absolute atomic E-state index is 13.4. The van der Waals surface area contributed by atoms with Crippen molar-refractivity contribution in [1.82, 2.24) is 20.1 Å². The summed E-state index contributed by atoms with van der Waals surface area (Å²) in [7, 11) is 0. The van der Waals surface area contributed by atoms with Gasteiger partial charge in [0.1, 0.15) is 5.00 Å². The molecule has 2 aliphatic rings. The first-order chi connectivity index (χ1) is 19.0. The van der Waals surface area contributed by atoms with Crippen molar-refractivity contribution in [2.75, 3.05) is 19.7 Å². The van der Waals surface area contributed by atoms with Crippen LogP contribution < -0.4 is 10.6 Å². The topological polar surface area (TPSA) is 75.6 Å². The molecule has 1 aliphatic heterocycles. The van der Waals surface area contributed by atoms with Crippen LogP contribution in [0, 0.1) is 0 Å². The van der Waals surface area contributed by atoms with Crippen molar-refractivity contribution < 1.29 is 14.3 Å². The molecule has 0 radical (unpaired) electrons. The number of carbonyl (C=O) groups excluding carboxylic acids is 2. The number of nitrogens with zero attached hydrogens (tertiary/aromatic N) is 2. The lowest BCUT2D eigenvalue weighted by atomic mass is 9.86. The first kappa shape index (κ1) is 29.2. The van der Waals surface area contributed by atoms with Crippen LogP contribution in [0.25, 0.3) is 5.00 Å². The van der Waals surface area contributed by atoms with Crippen LogP contribution in [-0.2, 0) is 29.0 Å². The summed E-state index contributed by atoms with van der Waals surface area (Å²) in [6.45, 7) is 11.7. The Morgan fingerprint density at radius 1 is 1.08 bits per heavy atom. The molecule has 3 heterocycles. The predicted molar refractivity (Wildman–Crippen MR) is 158 cm³/mol. The number of aromatic nitrogens is 1. The second-order valence-corrected chi connectivity index (χ2v) is 11.5. The first-order valence-electron chi connectivity index (χ1n) is 14.6. The molecule has 0 aromatic carbocycles. The predicted octanol–water partition coefficient (Wildman–Crippen LogP) is 6.61. The van der Waals surface area contributed by atoms with Crippen LogP contribution in [0.4, 0.5) is 4.79 Å². The number of nitrogens with one attached hydrogen (secondary N) is 2. The molecule has 2 N–H and O–H groups in total. The largest absolute Gasteiger partial charge is 0.463 e. The molecule has 0 bridgehead atoms. The molecule has 8 heteroatoms. The minimum absolute atomic E-state index is 0.286. The van der Waals surface area contributed by atoms with Gasteiger partial charge in [0.05, 0.1) is 17.9 Å². The summed E-state index contributed by atoms with van der Waals surface area (Å²) < 4.78 is 7.48. The molecule has 0 atom stereocenters. The average Bonchev–Trinajstić information content (AvgIpc) is 3.61. The molecule has 2 amide bonds. The molecule has 0 fully saturated rings. The normalized spacial score (nSPS) is 16.5. The number of rotatable bonds is 11. The van der Waals surface area contributed by atoms with Crippen LogP contribution in [0.2, 0.25) is 0 Å². The maximum Gasteiger partial charge on any atom is 0.335 e. The highest BCUT2D eigenvalue weighted by atomic mass is 32.1. The van der Waals surface area contributed by atoms with Gasteiger partial charge in [-0.2, -0.15) is 0 Å². The lowest BCUT2D eigenvalue weighted by Crippen LogP contribution is -2.37. The molecule has 1 aliphatic carbocycles. The zero-order valence-corrected chi connectivity index (χ0v) is 24.8. The van der Waals surface area contributed by atoms with Gasteiger partial charge in [0, 0.05) is 42.5 Å². The van der Waals surface area contributed by atoms with E-state index >= 15 is 0 Å². The van der Waals surface area contributed by atoms with Gasteiger partial charge in [0.15, 0.2) is 0 Å². The summed E-state index contributed by atoms with van der Waals surface area (Å²) in [5, 5.41) is 7.41. The van der Waals surface area contributed by atoms with Gasteiger partial charge in [-0.15, -0.1) is 11.3 Å². The number of amides is 2. The molecule has 2 aromatic heterocycles. The molecule has 212 valence electrons. The van der Waals surface area contributed by atoms with E-state index in [-0.39, 0.29) is 12.0 Å². The standard InChI is InChI=1S/C31H44N4O3S/c1-5-8-13-23-14-9-10-15-24(23)28(22(4)30(36)38-7-3)33-31(37)32-20-26-25-16-19-34(6-2)21-27(25)39-29(26)35-17-11-12-18-35/h11-12,17-18H,5-10,13-16,19-21H2,1-4H3,(H2,32,33,37)/b28-22-. The molecule has 0 spiro atoms. The van der Waals surface area contributed by atoms with Crippen molar-refractivity contribution >= 4 is 23.3 Å². The monoisotopic (exact) mass is 552 g/mol.